The van der Waals surface area contributed by atoms with Crippen LogP contribution in [-0.2, 0) is 4.74 Å². The molecule has 0 bridgehead atoms. The number of benzene rings is 1. The number of amides is 1. The van der Waals surface area contributed by atoms with Crippen LogP contribution in [0.1, 0.15) is 22.4 Å². The Balaban J connectivity index is 1.54. The summed E-state index contributed by atoms with van der Waals surface area (Å²) in [5.41, 5.74) is 1.48. The highest BCUT2D eigenvalue weighted by atomic mass is 16.5. The predicted octanol–water partition coefficient (Wildman–Crippen LogP) is 2.50. The monoisotopic (exact) mass is 352 g/mol. The van der Waals surface area contributed by atoms with Crippen molar-refractivity contribution in [3.05, 3.63) is 54.0 Å². The Kier molecular flexibility index (Phi) is 4.30. The smallest absolute Gasteiger partial charge is 0.289 e. The fourth-order valence-electron chi connectivity index (χ4n) is 3.01. The van der Waals surface area contributed by atoms with Gasteiger partial charge in [0.15, 0.2) is 5.76 Å². The first-order valence-corrected chi connectivity index (χ1v) is 8.51. The Morgan fingerprint density at radius 2 is 2.12 bits per heavy atom. The Morgan fingerprint density at radius 3 is 2.92 bits per heavy atom. The van der Waals surface area contributed by atoms with Gasteiger partial charge in [-0.2, -0.15) is 0 Å². The van der Waals surface area contributed by atoms with Gasteiger partial charge in [0.25, 0.3) is 5.91 Å². The number of carbonyl (C=O) groups is 1. The normalized spacial score (nSPS) is 17.5. The van der Waals surface area contributed by atoms with Crippen LogP contribution in [0.15, 0.2) is 47.0 Å². The van der Waals surface area contributed by atoms with Crippen molar-refractivity contribution in [2.75, 3.05) is 38.7 Å². The lowest BCUT2D eigenvalue weighted by Gasteiger charge is -2.32. The number of furan rings is 1. The van der Waals surface area contributed by atoms with E-state index in [-0.39, 0.29) is 12.0 Å². The zero-order valence-corrected chi connectivity index (χ0v) is 14.8. The van der Waals surface area contributed by atoms with Crippen molar-refractivity contribution in [2.24, 2.45) is 0 Å². The highest BCUT2D eigenvalue weighted by molar-refractivity contribution is 5.96. The molecule has 0 N–H and O–H groups in total. The number of morpholine rings is 1. The predicted molar refractivity (Wildman–Crippen MR) is 97.2 cm³/mol. The van der Waals surface area contributed by atoms with E-state index in [9.17, 15) is 4.79 Å². The van der Waals surface area contributed by atoms with E-state index in [2.05, 4.69) is 9.97 Å². The van der Waals surface area contributed by atoms with Gasteiger partial charge >= 0.3 is 0 Å². The topological polar surface area (TPSA) is 71.7 Å². The molecule has 1 atom stereocenters. The lowest BCUT2D eigenvalue weighted by Crippen LogP contribution is -2.42. The van der Waals surface area contributed by atoms with E-state index in [1.807, 2.05) is 49.3 Å². The van der Waals surface area contributed by atoms with Crippen LogP contribution >= 0.6 is 0 Å². The second kappa shape index (κ2) is 6.76. The SMILES string of the molecule is CN(C)c1nccc([C@H]2CN(C(=O)c3cc4ccccc4o3)CCO2)n1. The number of carbonyl (C=O) groups excluding carboxylic acids is 1. The molecule has 3 aromatic rings. The third-order valence-corrected chi connectivity index (χ3v) is 4.38. The minimum Gasteiger partial charge on any atom is -0.451 e. The highest BCUT2D eigenvalue weighted by Gasteiger charge is 2.29. The van der Waals surface area contributed by atoms with Crippen LogP contribution in [0, 0.1) is 0 Å². The third-order valence-electron chi connectivity index (χ3n) is 4.38. The largest absolute Gasteiger partial charge is 0.451 e. The van der Waals surface area contributed by atoms with Gasteiger partial charge in [0, 0.05) is 32.2 Å². The third kappa shape index (κ3) is 3.13. The molecule has 26 heavy (non-hydrogen) atoms. The summed E-state index contributed by atoms with van der Waals surface area (Å²) in [6.07, 6.45) is 1.43. The zero-order valence-electron chi connectivity index (χ0n) is 14.8. The van der Waals surface area contributed by atoms with E-state index in [4.69, 9.17) is 9.15 Å². The van der Waals surface area contributed by atoms with Crippen LogP contribution in [0.2, 0.25) is 0 Å². The first kappa shape index (κ1) is 16.5. The molecule has 0 radical (unpaired) electrons. The van der Waals surface area contributed by atoms with Crippen LogP contribution < -0.4 is 4.90 Å². The standard InChI is InChI=1S/C19H20N4O3/c1-22(2)19-20-8-7-14(21-19)17-12-23(9-10-25-17)18(24)16-11-13-5-3-4-6-15(13)26-16/h3-8,11,17H,9-10,12H2,1-2H3/t17-/m1/s1. The van der Waals surface area contributed by atoms with Crippen LogP contribution in [0.3, 0.4) is 0 Å². The van der Waals surface area contributed by atoms with Crippen LogP contribution in [0.5, 0.6) is 0 Å². The molecule has 1 amide bonds. The number of fused-ring (bicyclic) bond motifs is 1. The highest BCUT2D eigenvalue weighted by Crippen LogP contribution is 2.25. The molecule has 2 aromatic heterocycles. The molecule has 7 heteroatoms. The molecule has 0 unspecified atom stereocenters. The second-order valence-corrected chi connectivity index (χ2v) is 6.44. The van der Waals surface area contributed by atoms with Crippen molar-refractivity contribution in [1.29, 1.82) is 0 Å². The maximum absolute atomic E-state index is 12.9. The molecule has 1 fully saturated rings. The summed E-state index contributed by atoms with van der Waals surface area (Å²) in [4.78, 5) is 25.2. The molecule has 4 rings (SSSR count). The van der Waals surface area contributed by atoms with E-state index in [0.717, 1.165) is 11.1 Å². The molecule has 7 nitrogen and oxygen atoms in total. The van der Waals surface area contributed by atoms with Crippen molar-refractivity contribution < 1.29 is 13.9 Å². The van der Waals surface area contributed by atoms with Crippen molar-refractivity contribution >= 4 is 22.8 Å². The molecule has 1 aliphatic rings. The number of para-hydroxylation sites is 1. The lowest BCUT2D eigenvalue weighted by molar-refractivity contribution is -0.0256. The summed E-state index contributed by atoms with van der Waals surface area (Å²) in [6.45, 7) is 1.41. The molecule has 1 aromatic carbocycles. The first-order valence-electron chi connectivity index (χ1n) is 8.51. The molecule has 0 spiro atoms. The van der Waals surface area contributed by atoms with Gasteiger partial charge in [-0.1, -0.05) is 18.2 Å². The van der Waals surface area contributed by atoms with Crippen LogP contribution in [0.25, 0.3) is 11.0 Å². The number of ether oxygens (including phenoxy) is 1. The Hall–Kier alpha value is -2.93. The number of nitrogens with zero attached hydrogens (tertiary/aromatic N) is 4. The minimum atomic E-state index is -0.279. The average molecular weight is 352 g/mol. The van der Waals surface area contributed by atoms with Gasteiger partial charge in [0.1, 0.15) is 11.7 Å². The quantitative estimate of drug-likeness (QED) is 0.721. The summed E-state index contributed by atoms with van der Waals surface area (Å²) < 4.78 is 11.6. The van der Waals surface area contributed by atoms with Crippen molar-refractivity contribution in [2.45, 2.75) is 6.10 Å². The number of anilines is 1. The minimum absolute atomic E-state index is 0.128. The van der Waals surface area contributed by atoms with Gasteiger partial charge < -0.3 is 19.0 Å². The fourth-order valence-corrected chi connectivity index (χ4v) is 3.01. The van der Waals surface area contributed by atoms with E-state index in [1.54, 1.807) is 17.2 Å². The second-order valence-electron chi connectivity index (χ2n) is 6.44. The molecular formula is C19H20N4O3. The van der Waals surface area contributed by atoms with Gasteiger partial charge in [0.2, 0.25) is 5.95 Å². The van der Waals surface area contributed by atoms with Gasteiger partial charge in [-0.05, 0) is 18.2 Å². The Labute approximate surface area is 151 Å². The van der Waals surface area contributed by atoms with Gasteiger partial charge in [-0.25, -0.2) is 9.97 Å². The van der Waals surface area contributed by atoms with Crippen LogP contribution in [0.4, 0.5) is 5.95 Å². The molecule has 134 valence electrons. The maximum atomic E-state index is 12.9. The van der Waals surface area contributed by atoms with Crippen molar-refractivity contribution in [1.82, 2.24) is 14.9 Å². The number of aromatic nitrogens is 2. The average Bonchev–Trinajstić information content (AvgIpc) is 3.12. The Bertz CT molecular complexity index is 904. The van der Waals surface area contributed by atoms with E-state index >= 15 is 0 Å². The summed E-state index contributed by atoms with van der Waals surface area (Å²) >= 11 is 0. The van der Waals surface area contributed by atoms with Gasteiger partial charge in [0.05, 0.1) is 18.8 Å². The number of rotatable bonds is 3. The van der Waals surface area contributed by atoms with Gasteiger partial charge in [-0.3, -0.25) is 4.79 Å². The van der Waals surface area contributed by atoms with E-state index in [1.165, 1.54) is 0 Å². The summed E-state index contributed by atoms with van der Waals surface area (Å²) in [6, 6.07) is 11.2. The van der Waals surface area contributed by atoms with Crippen molar-refractivity contribution in [3.8, 4) is 0 Å². The lowest BCUT2D eigenvalue weighted by atomic mass is 10.2. The number of hydrogen-bond acceptors (Lipinski definition) is 6. The summed E-state index contributed by atoms with van der Waals surface area (Å²) in [5.74, 6) is 0.840. The first-order chi connectivity index (χ1) is 12.6. The fraction of sp³-hybridized carbons (Fsp3) is 0.316. The van der Waals surface area contributed by atoms with E-state index < -0.39 is 0 Å². The summed E-state index contributed by atoms with van der Waals surface area (Å²) in [7, 11) is 3.77. The van der Waals surface area contributed by atoms with Gasteiger partial charge in [-0.15, -0.1) is 0 Å². The van der Waals surface area contributed by atoms with Crippen molar-refractivity contribution in [3.63, 3.8) is 0 Å². The van der Waals surface area contributed by atoms with Crippen LogP contribution in [-0.4, -0.2) is 54.6 Å². The summed E-state index contributed by atoms with van der Waals surface area (Å²) in [5, 5.41) is 0.923. The number of hydrogen-bond donors (Lipinski definition) is 0. The molecule has 1 saturated heterocycles. The molecule has 1 aliphatic heterocycles. The van der Waals surface area contributed by atoms with E-state index in [0.29, 0.717) is 37.0 Å². The zero-order chi connectivity index (χ0) is 18.1. The maximum Gasteiger partial charge on any atom is 0.289 e. The molecule has 0 aliphatic carbocycles. The Morgan fingerprint density at radius 1 is 1.27 bits per heavy atom. The molecule has 3 heterocycles. The molecule has 0 saturated carbocycles. The molecular weight excluding hydrogens is 332 g/mol.